The molecule has 0 atom stereocenters. The number of ether oxygens (including phenoxy) is 2. The van der Waals surface area contributed by atoms with Crippen molar-refractivity contribution in [2.24, 2.45) is 0 Å². The predicted octanol–water partition coefficient (Wildman–Crippen LogP) is 5.44. The number of hydrogen-bond donors (Lipinski definition) is 0. The summed E-state index contributed by atoms with van der Waals surface area (Å²) in [4.78, 5) is 0. The molecule has 0 fully saturated rings. The van der Waals surface area contributed by atoms with Crippen LogP contribution in [0.2, 0.25) is 0 Å². The monoisotopic (exact) mass is 338 g/mol. The van der Waals surface area contributed by atoms with Crippen molar-refractivity contribution in [1.82, 2.24) is 0 Å². The van der Waals surface area contributed by atoms with Gasteiger partial charge in [0, 0.05) is 5.57 Å². The minimum atomic E-state index is -0.683. The SMILES string of the molecule is C#CC(=C\C=C(/CF)OCCCC)/C(C)=C/C=C(\CF)OCCC. The van der Waals surface area contributed by atoms with E-state index in [1.165, 1.54) is 6.08 Å². The zero-order valence-corrected chi connectivity index (χ0v) is 14.9. The van der Waals surface area contributed by atoms with E-state index in [4.69, 9.17) is 15.9 Å². The zero-order valence-electron chi connectivity index (χ0n) is 14.9. The quantitative estimate of drug-likeness (QED) is 0.204. The van der Waals surface area contributed by atoms with E-state index >= 15 is 0 Å². The Kier molecular flexibility index (Phi) is 13.3. The van der Waals surface area contributed by atoms with Gasteiger partial charge in [-0.3, -0.25) is 0 Å². The van der Waals surface area contributed by atoms with Gasteiger partial charge in [-0.25, -0.2) is 8.78 Å². The zero-order chi connectivity index (χ0) is 18.2. The molecule has 0 aliphatic carbocycles. The van der Waals surface area contributed by atoms with Crippen LogP contribution in [-0.4, -0.2) is 26.6 Å². The van der Waals surface area contributed by atoms with Crippen LogP contribution < -0.4 is 0 Å². The highest BCUT2D eigenvalue weighted by Crippen LogP contribution is 2.12. The van der Waals surface area contributed by atoms with Gasteiger partial charge in [0.15, 0.2) is 0 Å². The van der Waals surface area contributed by atoms with E-state index in [0.29, 0.717) is 18.8 Å². The van der Waals surface area contributed by atoms with Gasteiger partial charge in [-0.05, 0) is 43.6 Å². The summed E-state index contributed by atoms with van der Waals surface area (Å²) in [6.45, 7) is 5.39. The van der Waals surface area contributed by atoms with Crippen molar-refractivity contribution >= 4 is 0 Å². The second-order valence-corrected chi connectivity index (χ2v) is 5.16. The molecule has 0 N–H and O–H groups in total. The lowest BCUT2D eigenvalue weighted by Crippen LogP contribution is -1.96. The van der Waals surface area contributed by atoms with Crippen LogP contribution in [0.25, 0.3) is 0 Å². The lowest BCUT2D eigenvalue weighted by Gasteiger charge is -2.06. The van der Waals surface area contributed by atoms with E-state index in [1.807, 2.05) is 13.8 Å². The molecule has 0 rings (SSSR count). The number of terminal acetylenes is 1. The maximum absolute atomic E-state index is 12.9. The fourth-order valence-electron chi connectivity index (χ4n) is 1.62. The maximum atomic E-state index is 12.9. The van der Waals surface area contributed by atoms with Crippen molar-refractivity contribution in [3.05, 3.63) is 47.0 Å². The topological polar surface area (TPSA) is 18.5 Å². The molecule has 0 unspecified atom stereocenters. The summed E-state index contributed by atoms with van der Waals surface area (Å²) in [6, 6.07) is 0. The molecule has 0 aromatic rings. The van der Waals surface area contributed by atoms with Gasteiger partial charge in [-0.2, -0.15) is 0 Å². The molecule has 0 saturated heterocycles. The lowest BCUT2D eigenvalue weighted by molar-refractivity contribution is 0.186. The molecule has 0 spiro atoms. The number of hydrogen-bond acceptors (Lipinski definition) is 2. The van der Waals surface area contributed by atoms with Crippen LogP contribution in [0.5, 0.6) is 0 Å². The Morgan fingerprint density at radius 1 is 0.917 bits per heavy atom. The van der Waals surface area contributed by atoms with E-state index in [-0.39, 0.29) is 11.5 Å². The summed E-state index contributed by atoms with van der Waals surface area (Å²) in [5, 5.41) is 0. The van der Waals surface area contributed by atoms with Crippen LogP contribution in [0.4, 0.5) is 8.78 Å². The molecule has 0 aromatic carbocycles. The molecule has 4 heteroatoms. The fourth-order valence-corrected chi connectivity index (χ4v) is 1.62. The van der Waals surface area contributed by atoms with E-state index < -0.39 is 13.3 Å². The lowest BCUT2D eigenvalue weighted by atomic mass is 10.1. The van der Waals surface area contributed by atoms with Crippen molar-refractivity contribution in [2.45, 2.75) is 40.0 Å². The van der Waals surface area contributed by atoms with Gasteiger partial charge in [-0.1, -0.05) is 32.3 Å². The highest BCUT2D eigenvalue weighted by molar-refractivity contribution is 5.46. The van der Waals surface area contributed by atoms with Gasteiger partial charge in [0.1, 0.15) is 24.9 Å². The minimum Gasteiger partial charge on any atom is -0.495 e. The Bertz CT molecular complexity index is 508. The number of allylic oxidation sites excluding steroid dienone is 8. The van der Waals surface area contributed by atoms with Gasteiger partial charge in [0.25, 0.3) is 0 Å². The second-order valence-electron chi connectivity index (χ2n) is 5.16. The summed E-state index contributed by atoms with van der Waals surface area (Å²) >= 11 is 0. The first kappa shape index (κ1) is 22.0. The van der Waals surface area contributed by atoms with E-state index in [1.54, 1.807) is 25.2 Å². The van der Waals surface area contributed by atoms with Crippen LogP contribution in [0.3, 0.4) is 0 Å². The molecule has 24 heavy (non-hydrogen) atoms. The Morgan fingerprint density at radius 2 is 1.50 bits per heavy atom. The molecule has 0 saturated carbocycles. The molecule has 0 heterocycles. The standard InChI is InChI=1S/C20H28F2O2/c1-5-8-14-24-20(16-22)12-10-18(7-3)17(4)9-11-19(15-21)23-13-6-2/h3,9-12H,5-6,8,13-16H2,1-2,4H3/b17-9+,18-10+,19-11+,20-12+. The van der Waals surface area contributed by atoms with Crippen molar-refractivity contribution in [3.63, 3.8) is 0 Å². The summed E-state index contributed by atoms with van der Waals surface area (Å²) in [5.41, 5.74) is 1.33. The van der Waals surface area contributed by atoms with E-state index in [2.05, 4.69) is 5.92 Å². The first-order valence-electron chi connectivity index (χ1n) is 8.25. The summed E-state index contributed by atoms with van der Waals surface area (Å²) in [5.74, 6) is 3.05. The number of rotatable bonds is 12. The predicted molar refractivity (Wildman–Crippen MR) is 95.9 cm³/mol. The van der Waals surface area contributed by atoms with Crippen LogP contribution >= 0.6 is 0 Å². The molecule has 0 bridgehead atoms. The third-order valence-electron chi connectivity index (χ3n) is 3.08. The third kappa shape index (κ3) is 9.89. The smallest absolute Gasteiger partial charge is 0.146 e. The molecular weight excluding hydrogens is 310 g/mol. The van der Waals surface area contributed by atoms with Gasteiger partial charge in [0.2, 0.25) is 0 Å². The van der Waals surface area contributed by atoms with E-state index in [0.717, 1.165) is 24.8 Å². The molecule has 134 valence electrons. The number of halogens is 2. The molecular formula is C20H28F2O2. The summed E-state index contributed by atoms with van der Waals surface area (Å²) in [7, 11) is 0. The molecule has 0 radical (unpaired) electrons. The fraction of sp³-hybridized carbons (Fsp3) is 0.500. The van der Waals surface area contributed by atoms with Crippen LogP contribution in [0, 0.1) is 12.3 Å². The molecule has 0 aliphatic rings. The Hall–Kier alpha value is -2.02. The van der Waals surface area contributed by atoms with Crippen LogP contribution in [0.1, 0.15) is 40.0 Å². The minimum absolute atomic E-state index is 0.246. The normalized spacial score (nSPS) is 13.7. The summed E-state index contributed by atoms with van der Waals surface area (Å²) < 4.78 is 36.3. The van der Waals surface area contributed by atoms with Crippen molar-refractivity contribution < 1.29 is 18.3 Å². The number of alkyl halides is 2. The van der Waals surface area contributed by atoms with Gasteiger partial charge < -0.3 is 9.47 Å². The van der Waals surface area contributed by atoms with Gasteiger partial charge in [-0.15, -0.1) is 6.42 Å². The second kappa shape index (κ2) is 14.6. The third-order valence-corrected chi connectivity index (χ3v) is 3.08. The molecule has 0 amide bonds. The maximum Gasteiger partial charge on any atom is 0.146 e. The van der Waals surface area contributed by atoms with Crippen molar-refractivity contribution in [1.29, 1.82) is 0 Å². The Labute approximate surface area is 144 Å². The van der Waals surface area contributed by atoms with Crippen LogP contribution in [-0.2, 0) is 9.47 Å². The molecule has 0 aromatic heterocycles. The van der Waals surface area contributed by atoms with Crippen molar-refractivity contribution in [2.75, 3.05) is 26.6 Å². The summed E-state index contributed by atoms with van der Waals surface area (Å²) in [6.07, 6.45) is 14.6. The van der Waals surface area contributed by atoms with Crippen molar-refractivity contribution in [3.8, 4) is 12.3 Å². The van der Waals surface area contributed by atoms with Gasteiger partial charge >= 0.3 is 0 Å². The Balaban J connectivity index is 5.05. The first-order chi connectivity index (χ1) is 11.6. The highest BCUT2D eigenvalue weighted by atomic mass is 19.1. The Morgan fingerprint density at radius 3 is 2.00 bits per heavy atom. The number of unbranched alkanes of at least 4 members (excludes halogenated alkanes) is 1. The highest BCUT2D eigenvalue weighted by Gasteiger charge is 2.00. The average Bonchev–Trinajstić information content (AvgIpc) is 2.60. The average molecular weight is 338 g/mol. The van der Waals surface area contributed by atoms with E-state index in [9.17, 15) is 8.78 Å². The molecule has 0 aliphatic heterocycles. The van der Waals surface area contributed by atoms with Gasteiger partial charge in [0.05, 0.1) is 13.2 Å². The van der Waals surface area contributed by atoms with Crippen LogP contribution in [0.15, 0.2) is 47.0 Å². The molecule has 2 nitrogen and oxygen atoms in total. The first-order valence-corrected chi connectivity index (χ1v) is 8.25. The largest absolute Gasteiger partial charge is 0.495 e.